The van der Waals surface area contributed by atoms with Crippen molar-refractivity contribution in [3.63, 3.8) is 0 Å². The molecule has 0 radical (unpaired) electrons. The largest absolute Gasteiger partial charge is 1.00 e. The third-order valence-electron chi connectivity index (χ3n) is 10.9. The molecule has 2 aromatic rings. The number of carbonyl (C=O) groups is 6. The van der Waals surface area contributed by atoms with E-state index in [2.05, 4.69) is 36.8 Å². The van der Waals surface area contributed by atoms with Crippen LogP contribution < -0.4 is 56.3 Å². The molecule has 0 spiro atoms. The summed E-state index contributed by atoms with van der Waals surface area (Å²) in [6.45, 7) is 7.29. The number of carbonyl (C=O) groups excluding carboxylic acids is 6. The SMILES string of the molecule is O=C(CCCC[C@@H]1SC[C@@H]2NC(=O)N[C@@H]21)NCCOCCOCCOCCOCCOCCOCCOCCOCCNC(=O)c1ccc(N/N=C/c2ccc(C(=O)ON3C(=O)CC(S(=O)(=O)[O-])C3=O)cc2)nc1.[Na+]. The zero-order chi connectivity index (χ0) is 52.8. The van der Waals surface area contributed by atoms with Gasteiger partial charge in [0.25, 0.3) is 17.7 Å². The molecule has 3 aliphatic heterocycles. The van der Waals surface area contributed by atoms with Crippen LogP contribution >= 0.6 is 11.8 Å². The Morgan fingerprint density at radius 3 is 1.79 bits per heavy atom. The Bertz CT molecular complexity index is 2220. The Morgan fingerprint density at radius 2 is 1.27 bits per heavy atom. The Morgan fingerprint density at radius 1 is 0.733 bits per heavy atom. The van der Waals surface area contributed by atoms with E-state index in [4.69, 9.17) is 42.7 Å². The third-order valence-corrected chi connectivity index (χ3v) is 13.5. The van der Waals surface area contributed by atoms with Crippen molar-refractivity contribution in [3.05, 3.63) is 59.3 Å². The van der Waals surface area contributed by atoms with Gasteiger partial charge in [-0.1, -0.05) is 18.6 Å². The summed E-state index contributed by atoms with van der Waals surface area (Å²) in [6, 6.07) is 9.06. The van der Waals surface area contributed by atoms with Crippen LogP contribution in [0.2, 0.25) is 0 Å². The number of rotatable bonds is 39. The Labute approximate surface area is 461 Å². The van der Waals surface area contributed by atoms with Crippen molar-refractivity contribution >= 4 is 69.5 Å². The zero-order valence-corrected chi connectivity index (χ0v) is 45.5. The fourth-order valence-electron chi connectivity index (χ4n) is 7.12. The first-order valence-electron chi connectivity index (χ1n) is 24.1. The van der Waals surface area contributed by atoms with Gasteiger partial charge in [-0.2, -0.15) is 16.9 Å². The summed E-state index contributed by atoms with van der Waals surface area (Å²) in [6.07, 6.45) is 5.13. The second-order valence-electron chi connectivity index (χ2n) is 16.4. The van der Waals surface area contributed by atoms with E-state index in [-0.39, 0.29) is 83.3 Å². The molecule has 29 heteroatoms. The number of hydrogen-bond acceptors (Lipinski definition) is 22. The van der Waals surface area contributed by atoms with Crippen molar-refractivity contribution < 1.29 is 114 Å². The fourth-order valence-corrected chi connectivity index (χ4v) is 9.35. The number of anilines is 1. The van der Waals surface area contributed by atoms with Crippen molar-refractivity contribution in [1.29, 1.82) is 0 Å². The molecule has 3 saturated heterocycles. The topological polar surface area (TPSA) is 331 Å². The average molecular weight is 1110 g/mol. The number of unbranched alkanes of at least 4 members (excludes halogenated alkanes) is 1. The number of amides is 6. The minimum absolute atomic E-state index is 0. The number of nitrogens with zero attached hydrogens (tertiary/aromatic N) is 3. The number of urea groups is 1. The van der Waals surface area contributed by atoms with Crippen LogP contribution in [-0.4, -0.2) is 212 Å². The van der Waals surface area contributed by atoms with E-state index in [0.29, 0.717) is 134 Å². The molecule has 1 aromatic carbocycles. The molecule has 1 unspecified atom stereocenters. The maximum Gasteiger partial charge on any atom is 1.00 e. The molecule has 1 aromatic heterocycles. The first-order chi connectivity index (χ1) is 35.9. The molecule has 3 fully saturated rings. The molecule has 410 valence electrons. The summed E-state index contributed by atoms with van der Waals surface area (Å²) in [7, 11) is -5.10. The van der Waals surface area contributed by atoms with Gasteiger partial charge in [0.1, 0.15) is 21.2 Å². The quantitative estimate of drug-likeness (QED) is 0.00846. The molecular weight excluding hydrogens is 1040 g/mol. The van der Waals surface area contributed by atoms with Gasteiger partial charge in [0, 0.05) is 36.7 Å². The second-order valence-corrected chi connectivity index (χ2v) is 19.2. The number of aromatic nitrogens is 1. The Hall–Kier alpha value is -4.40. The molecule has 3 aliphatic rings. The van der Waals surface area contributed by atoms with Gasteiger partial charge in [-0.3, -0.25) is 24.6 Å². The molecule has 0 bridgehead atoms. The molecule has 5 rings (SSSR count). The maximum absolute atomic E-state index is 12.5. The zero-order valence-electron chi connectivity index (χ0n) is 41.9. The van der Waals surface area contributed by atoms with E-state index < -0.39 is 39.6 Å². The molecule has 26 nitrogen and oxygen atoms in total. The number of thioether (sulfide) groups is 1. The molecule has 4 heterocycles. The van der Waals surface area contributed by atoms with Gasteiger partial charge in [0.15, 0.2) is 0 Å². The number of hydrazone groups is 1. The molecule has 0 saturated carbocycles. The number of ether oxygens (including phenoxy) is 8. The first kappa shape index (κ1) is 63.1. The Balaban J connectivity index is 0.0000122. The molecule has 5 N–H and O–H groups in total. The number of hydroxylamine groups is 2. The fraction of sp³-hybridized carbons (Fsp3) is 0.609. The van der Waals surface area contributed by atoms with E-state index in [1.165, 1.54) is 36.7 Å². The van der Waals surface area contributed by atoms with Crippen molar-refractivity contribution in [2.75, 3.05) is 130 Å². The minimum atomic E-state index is -5.10. The van der Waals surface area contributed by atoms with Crippen molar-refractivity contribution in [1.82, 2.24) is 31.3 Å². The normalized spacial score (nSPS) is 18.1. The molecular formula is C46H65N8NaO18S2. The third kappa shape index (κ3) is 24.2. The van der Waals surface area contributed by atoms with Crippen LogP contribution in [-0.2, 0) is 67.2 Å². The predicted octanol–water partition coefficient (Wildman–Crippen LogP) is -3.02. The second kappa shape index (κ2) is 35.8. The monoisotopic (exact) mass is 1100 g/mol. The predicted molar refractivity (Wildman–Crippen MR) is 263 cm³/mol. The van der Waals surface area contributed by atoms with Crippen LogP contribution in [0.25, 0.3) is 0 Å². The van der Waals surface area contributed by atoms with E-state index in [9.17, 15) is 41.7 Å². The minimum Gasteiger partial charge on any atom is -0.747 e. The summed E-state index contributed by atoms with van der Waals surface area (Å²) in [5.41, 5.74) is 3.49. The first-order valence-corrected chi connectivity index (χ1v) is 26.7. The number of pyridine rings is 1. The number of hydrogen-bond donors (Lipinski definition) is 5. The van der Waals surface area contributed by atoms with Crippen LogP contribution in [0, 0.1) is 0 Å². The van der Waals surface area contributed by atoms with E-state index in [0.717, 1.165) is 25.0 Å². The van der Waals surface area contributed by atoms with Crippen molar-refractivity contribution in [2.45, 2.75) is 54.7 Å². The maximum atomic E-state index is 12.5. The number of imide groups is 1. The molecule has 0 aliphatic carbocycles. The van der Waals surface area contributed by atoms with Gasteiger partial charge in [-0.05, 0) is 42.7 Å². The molecule has 6 amide bonds. The standard InChI is InChI=1S/C46H66N8O18S2.Na/c55-40(4-2-1-3-37-42-36(32-73-37)51-46(60)52-42)47-11-13-64-15-17-66-19-21-68-23-25-70-27-28-71-26-24-69-22-20-67-18-16-65-14-12-48-43(57)35-9-10-39(49-31-35)53-50-30-33-5-7-34(8-6-33)45(59)72-54-41(56)29-38(44(54)58)74(61,62)63;/h5-10,30-31,36-38,42H,1-4,11-29,32H2,(H,47,55)(H,48,57)(H,49,53)(H2,51,52,60)(H,61,62,63);/q;+1/p-1/b50-30+;/t36-,37-,38?,42-;/m0./s1. The number of fused-ring (bicyclic) bond motifs is 1. The summed E-state index contributed by atoms with van der Waals surface area (Å²) >= 11 is 1.89. The van der Waals surface area contributed by atoms with Gasteiger partial charge in [-0.15, -0.1) is 5.06 Å². The number of nitrogens with one attached hydrogen (secondary N) is 5. The van der Waals surface area contributed by atoms with Crippen LogP contribution in [0.5, 0.6) is 0 Å². The summed E-state index contributed by atoms with van der Waals surface area (Å²) in [5, 5.41) is 13.9. The van der Waals surface area contributed by atoms with Gasteiger partial charge in [0.05, 0.1) is 142 Å². The van der Waals surface area contributed by atoms with E-state index in [1.807, 2.05) is 11.8 Å². The van der Waals surface area contributed by atoms with Crippen molar-refractivity contribution in [2.24, 2.45) is 5.10 Å². The molecule has 4 atom stereocenters. The van der Waals surface area contributed by atoms with Crippen LogP contribution in [0.1, 0.15) is 58.4 Å². The smallest absolute Gasteiger partial charge is 0.747 e. The van der Waals surface area contributed by atoms with E-state index in [1.54, 1.807) is 12.1 Å². The van der Waals surface area contributed by atoms with E-state index >= 15 is 0 Å². The van der Waals surface area contributed by atoms with Crippen LogP contribution in [0.3, 0.4) is 0 Å². The van der Waals surface area contributed by atoms with Gasteiger partial charge < -0.3 is 68.6 Å². The average Bonchev–Trinajstić information content (AvgIpc) is 4.04. The van der Waals surface area contributed by atoms with Gasteiger partial charge >= 0.3 is 41.6 Å². The van der Waals surface area contributed by atoms with Gasteiger partial charge in [0.2, 0.25) is 5.91 Å². The van der Waals surface area contributed by atoms with Crippen LogP contribution in [0.4, 0.5) is 10.6 Å². The number of benzene rings is 1. The molecule has 75 heavy (non-hydrogen) atoms. The summed E-state index contributed by atoms with van der Waals surface area (Å²) in [4.78, 5) is 81.3. The summed E-state index contributed by atoms with van der Waals surface area (Å²) in [5.74, 6) is -2.71. The van der Waals surface area contributed by atoms with Crippen LogP contribution in [0.15, 0.2) is 47.7 Å². The van der Waals surface area contributed by atoms with Gasteiger partial charge in [-0.25, -0.2) is 23.0 Å². The van der Waals surface area contributed by atoms with Crippen molar-refractivity contribution in [3.8, 4) is 0 Å². The Kier molecular flexibility index (Phi) is 30.2. The summed E-state index contributed by atoms with van der Waals surface area (Å²) < 4.78 is 77.5.